The van der Waals surface area contributed by atoms with Gasteiger partial charge in [-0.05, 0) is 42.7 Å². The molecule has 0 unspecified atom stereocenters. The number of pyridine rings is 1. The first kappa shape index (κ1) is 18.6. The van der Waals surface area contributed by atoms with Gasteiger partial charge in [0.1, 0.15) is 12.2 Å². The molecule has 0 atom stereocenters. The Hall–Kier alpha value is -3.15. The molecule has 6 nitrogen and oxygen atoms in total. The van der Waals surface area contributed by atoms with Crippen LogP contribution in [0.2, 0.25) is 0 Å². The Labute approximate surface area is 158 Å². The highest BCUT2D eigenvalue weighted by Gasteiger charge is 2.21. The van der Waals surface area contributed by atoms with Crippen LogP contribution in [0.3, 0.4) is 0 Å². The van der Waals surface area contributed by atoms with Gasteiger partial charge in [0, 0.05) is 6.20 Å². The van der Waals surface area contributed by atoms with Crippen LogP contribution in [0.4, 0.5) is 0 Å². The number of carbonyl (C=O) groups is 1. The lowest BCUT2D eigenvalue weighted by molar-refractivity contribution is 0.0520. The van der Waals surface area contributed by atoms with E-state index in [1.807, 2.05) is 42.5 Å². The minimum Gasteiger partial charge on any atom is -0.470 e. The fourth-order valence-corrected chi connectivity index (χ4v) is 2.64. The molecule has 0 fully saturated rings. The SMILES string of the molecule is CCOC(=O)c1cnn(-c2ccc(C(C)C)cc2)c1OCc1ccccn1. The Morgan fingerprint density at radius 3 is 2.56 bits per heavy atom. The van der Waals surface area contributed by atoms with E-state index in [1.54, 1.807) is 17.8 Å². The van der Waals surface area contributed by atoms with Crippen LogP contribution in [0.1, 0.15) is 48.3 Å². The highest BCUT2D eigenvalue weighted by molar-refractivity contribution is 5.91. The fourth-order valence-electron chi connectivity index (χ4n) is 2.64. The Bertz CT molecular complexity index is 887. The first-order valence-corrected chi connectivity index (χ1v) is 8.98. The van der Waals surface area contributed by atoms with E-state index in [-0.39, 0.29) is 13.2 Å². The van der Waals surface area contributed by atoms with E-state index in [0.717, 1.165) is 11.4 Å². The number of ether oxygens (including phenoxy) is 2. The molecule has 0 saturated heterocycles. The van der Waals surface area contributed by atoms with Crippen molar-refractivity contribution in [3.8, 4) is 11.6 Å². The van der Waals surface area contributed by atoms with Crippen LogP contribution in [-0.2, 0) is 11.3 Å². The minimum atomic E-state index is -0.460. The highest BCUT2D eigenvalue weighted by atomic mass is 16.5. The van der Waals surface area contributed by atoms with E-state index >= 15 is 0 Å². The summed E-state index contributed by atoms with van der Waals surface area (Å²) < 4.78 is 12.7. The topological polar surface area (TPSA) is 66.2 Å². The lowest BCUT2D eigenvalue weighted by atomic mass is 10.0. The number of aromatic nitrogens is 3. The van der Waals surface area contributed by atoms with Gasteiger partial charge in [0.2, 0.25) is 5.88 Å². The van der Waals surface area contributed by atoms with Crippen molar-refractivity contribution in [1.82, 2.24) is 14.8 Å². The number of hydrogen-bond donors (Lipinski definition) is 0. The third-order valence-electron chi connectivity index (χ3n) is 4.11. The van der Waals surface area contributed by atoms with Crippen molar-refractivity contribution < 1.29 is 14.3 Å². The molecule has 0 aliphatic rings. The summed E-state index contributed by atoms with van der Waals surface area (Å²) in [7, 11) is 0. The van der Waals surface area contributed by atoms with Crippen molar-refractivity contribution in [3.63, 3.8) is 0 Å². The lowest BCUT2D eigenvalue weighted by Crippen LogP contribution is -2.09. The van der Waals surface area contributed by atoms with Crippen LogP contribution >= 0.6 is 0 Å². The molecule has 0 radical (unpaired) electrons. The number of rotatable bonds is 7. The first-order valence-electron chi connectivity index (χ1n) is 8.98. The standard InChI is InChI=1S/C21H23N3O3/c1-4-26-21(25)19-13-23-24(18-10-8-16(9-11-18)15(2)3)20(19)27-14-17-7-5-6-12-22-17/h5-13,15H,4,14H2,1-3H3. The van der Waals surface area contributed by atoms with Crippen molar-refractivity contribution in [3.05, 3.63) is 71.7 Å². The predicted octanol–water partition coefficient (Wildman–Crippen LogP) is 4.15. The summed E-state index contributed by atoms with van der Waals surface area (Å²) in [5.41, 5.74) is 3.09. The molecular formula is C21H23N3O3. The minimum absolute atomic E-state index is 0.225. The molecule has 6 heteroatoms. The predicted molar refractivity (Wildman–Crippen MR) is 102 cm³/mol. The third kappa shape index (κ3) is 4.34. The molecule has 0 bridgehead atoms. The quantitative estimate of drug-likeness (QED) is 0.589. The van der Waals surface area contributed by atoms with Crippen molar-refractivity contribution in [2.24, 2.45) is 0 Å². The monoisotopic (exact) mass is 365 g/mol. The molecule has 27 heavy (non-hydrogen) atoms. The summed E-state index contributed by atoms with van der Waals surface area (Å²) in [6.07, 6.45) is 3.18. The van der Waals surface area contributed by atoms with Crippen molar-refractivity contribution in [1.29, 1.82) is 0 Å². The Morgan fingerprint density at radius 2 is 1.93 bits per heavy atom. The van der Waals surface area contributed by atoms with E-state index in [1.165, 1.54) is 11.8 Å². The Balaban J connectivity index is 1.93. The second-order valence-electron chi connectivity index (χ2n) is 6.35. The molecule has 0 aliphatic heterocycles. The third-order valence-corrected chi connectivity index (χ3v) is 4.11. The lowest BCUT2D eigenvalue weighted by Gasteiger charge is -2.12. The molecule has 3 rings (SSSR count). The van der Waals surface area contributed by atoms with Gasteiger partial charge >= 0.3 is 5.97 Å². The van der Waals surface area contributed by atoms with E-state index < -0.39 is 5.97 Å². The zero-order valence-corrected chi connectivity index (χ0v) is 15.8. The fraction of sp³-hybridized carbons (Fsp3) is 0.286. The Morgan fingerprint density at radius 1 is 1.15 bits per heavy atom. The molecular weight excluding hydrogens is 342 g/mol. The first-order chi connectivity index (χ1) is 13.1. The van der Waals surface area contributed by atoms with Crippen LogP contribution in [0.15, 0.2) is 54.9 Å². The van der Waals surface area contributed by atoms with E-state index in [0.29, 0.717) is 17.4 Å². The molecule has 2 heterocycles. The van der Waals surface area contributed by atoms with Crippen LogP contribution in [0, 0.1) is 0 Å². The van der Waals surface area contributed by atoms with Gasteiger partial charge < -0.3 is 9.47 Å². The molecule has 0 spiro atoms. The average molecular weight is 365 g/mol. The molecule has 3 aromatic rings. The van der Waals surface area contributed by atoms with Gasteiger partial charge in [-0.15, -0.1) is 0 Å². The number of benzene rings is 1. The summed E-state index contributed by atoms with van der Waals surface area (Å²) >= 11 is 0. The van der Waals surface area contributed by atoms with E-state index in [2.05, 4.69) is 23.9 Å². The summed E-state index contributed by atoms with van der Waals surface area (Å²) in [4.78, 5) is 16.5. The molecule has 0 aliphatic carbocycles. The summed E-state index contributed by atoms with van der Waals surface area (Å²) in [5.74, 6) is 0.321. The maximum atomic E-state index is 12.3. The van der Waals surface area contributed by atoms with Gasteiger partial charge in [0.05, 0.1) is 24.2 Å². The molecule has 0 amide bonds. The van der Waals surface area contributed by atoms with Crippen LogP contribution in [0.5, 0.6) is 5.88 Å². The summed E-state index contributed by atoms with van der Waals surface area (Å²) in [5, 5.41) is 4.35. The maximum absolute atomic E-state index is 12.3. The van der Waals surface area contributed by atoms with Crippen molar-refractivity contribution in [2.45, 2.75) is 33.3 Å². The normalized spacial score (nSPS) is 10.8. The molecule has 0 saturated carbocycles. The van der Waals surface area contributed by atoms with Gasteiger partial charge in [-0.3, -0.25) is 4.98 Å². The van der Waals surface area contributed by atoms with Crippen LogP contribution < -0.4 is 4.74 Å². The summed E-state index contributed by atoms with van der Waals surface area (Å²) in [6, 6.07) is 13.6. The zero-order chi connectivity index (χ0) is 19.2. The number of esters is 1. The largest absolute Gasteiger partial charge is 0.470 e. The average Bonchev–Trinajstić information content (AvgIpc) is 3.11. The molecule has 140 valence electrons. The van der Waals surface area contributed by atoms with Gasteiger partial charge in [-0.1, -0.05) is 32.0 Å². The van der Waals surface area contributed by atoms with Crippen molar-refractivity contribution in [2.75, 3.05) is 6.61 Å². The van der Waals surface area contributed by atoms with Crippen LogP contribution in [0.25, 0.3) is 5.69 Å². The van der Waals surface area contributed by atoms with Gasteiger partial charge in [0.15, 0.2) is 0 Å². The van der Waals surface area contributed by atoms with Gasteiger partial charge in [-0.2, -0.15) is 5.10 Å². The van der Waals surface area contributed by atoms with E-state index in [4.69, 9.17) is 9.47 Å². The second kappa shape index (κ2) is 8.49. The molecule has 1 aromatic carbocycles. The van der Waals surface area contributed by atoms with Crippen molar-refractivity contribution >= 4 is 5.97 Å². The highest BCUT2D eigenvalue weighted by Crippen LogP contribution is 2.26. The molecule has 2 aromatic heterocycles. The second-order valence-corrected chi connectivity index (χ2v) is 6.35. The molecule has 0 N–H and O–H groups in total. The van der Waals surface area contributed by atoms with Crippen LogP contribution in [-0.4, -0.2) is 27.3 Å². The maximum Gasteiger partial charge on any atom is 0.345 e. The smallest absolute Gasteiger partial charge is 0.345 e. The Kier molecular flexibility index (Phi) is 5.86. The van der Waals surface area contributed by atoms with E-state index in [9.17, 15) is 4.79 Å². The van der Waals surface area contributed by atoms with Gasteiger partial charge in [-0.25, -0.2) is 9.48 Å². The number of hydrogen-bond acceptors (Lipinski definition) is 5. The zero-order valence-electron chi connectivity index (χ0n) is 15.8. The van der Waals surface area contributed by atoms with Gasteiger partial charge in [0.25, 0.3) is 0 Å². The number of carbonyl (C=O) groups excluding carboxylic acids is 1. The number of nitrogens with zero attached hydrogens (tertiary/aromatic N) is 3. The summed E-state index contributed by atoms with van der Waals surface area (Å²) in [6.45, 7) is 6.56.